The average Bonchev–Trinajstić information content (AvgIpc) is 3.02. The lowest BCUT2D eigenvalue weighted by atomic mass is 10.2. The molecule has 2 N–H and O–H groups in total. The summed E-state index contributed by atoms with van der Waals surface area (Å²) < 4.78 is 0. The van der Waals surface area contributed by atoms with E-state index in [1.165, 1.54) is 41.6 Å². The van der Waals surface area contributed by atoms with Crippen molar-refractivity contribution in [1.29, 1.82) is 0 Å². The van der Waals surface area contributed by atoms with Crippen molar-refractivity contribution in [2.75, 3.05) is 6.54 Å². The number of thioether (sulfide) groups is 1. The van der Waals surface area contributed by atoms with Crippen LogP contribution in [0.5, 0.6) is 0 Å². The van der Waals surface area contributed by atoms with E-state index in [-0.39, 0.29) is 0 Å². The number of H-pyrrole nitrogens is 1. The Hall–Kier alpha value is -0.930. The first-order valence-corrected chi connectivity index (χ1v) is 8.21. The van der Waals surface area contributed by atoms with Crippen molar-refractivity contribution in [3.8, 4) is 0 Å². The van der Waals surface area contributed by atoms with Gasteiger partial charge in [-0.2, -0.15) is 0 Å². The van der Waals surface area contributed by atoms with Gasteiger partial charge in [-0.25, -0.2) is 0 Å². The average molecular weight is 274 g/mol. The Morgan fingerprint density at radius 1 is 1.32 bits per heavy atom. The molecule has 3 heteroatoms. The predicted octanol–water partition coefficient (Wildman–Crippen LogP) is 4.18. The van der Waals surface area contributed by atoms with Crippen LogP contribution < -0.4 is 5.32 Å². The maximum Gasteiger partial charge on any atom is 0.0735 e. The summed E-state index contributed by atoms with van der Waals surface area (Å²) in [6, 6.07) is 11.5. The second-order valence-corrected chi connectivity index (χ2v) is 6.77. The third-order valence-electron chi connectivity index (χ3n) is 3.87. The van der Waals surface area contributed by atoms with E-state index in [1.807, 2.05) is 11.8 Å². The molecule has 2 atom stereocenters. The molecular weight excluding hydrogens is 252 g/mol. The molecular formula is C16H22N2S. The standard InChI is InChI=1S/C16H22N2S/c1-2-9-17-13-7-8-14(11-13)19-16-10-12-5-3-4-6-15(12)18-16/h3-6,10,13-14,17-18H,2,7-9,11H2,1H3. The van der Waals surface area contributed by atoms with E-state index in [4.69, 9.17) is 0 Å². The van der Waals surface area contributed by atoms with Crippen molar-refractivity contribution in [2.45, 2.75) is 48.9 Å². The highest BCUT2D eigenvalue weighted by molar-refractivity contribution is 7.99. The third kappa shape index (κ3) is 3.15. The molecule has 1 fully saturated rings. The Kier molecular flexibility index (Phi) is 4.14. The van der Waals surface area contributed by atoms with Crippen LogP contribution in [0.25, 0.3) is 10.9 Å². The fourth-order valence-electron chi connectivity index (χ4n) is 2.87. The van der Waals surface area contributed by atoms with E-state index in [0.717, 1.165) is 17.8 Å². The summed E-state index contributed by atoms with van der Waals surface area (Å²) in [5, 5.41) is 7.06. The van der Waals surface area contributed by atoms with Crippen LogP contribution in [-0.4, -0.2) is 22.8 Å². The largest absolute Gasteiger partial charge is 0.350 e. The molecule has 0 amide bonds. The Morgan fingerprint density at radius 3 is 3.05 bits per heavy atom. The van der Waals surface area contributed by atoms with E-state index < -0.39 is 0 Å². The molecule has 2 unspecified atom stereocenters. The number of benzene rings is 1. The molecule has 0 radical (unpaired) electrons. The Balaban J connectivity index is 1.59. The number of aromatic nitrogens is 1. The van der Waals surface area contributed by atoms with Crippen LogP contribution in [0, 0.1) is 0 Å². The molecule has 2 aromatic rings. The lowest BCUT2D eigenvalue weighted by Crippen LogP contribution is -2.27. The Bertz CT molecular complexity index is 501. The van der Waals surface area contributed by atoms with Gasteiger partial charge in [0.05, 0.1) is 5.03 Å². The summed E-state index contributed by atoms with van der Waals surface area (Å²) >= 11 is 2.02. The summed E-state index contributed by atoms with van der Waals surface area (Å²) in [7, 11) is 0. The first kappa shape index (κ1) is 13.1. The van der Waals surface area contributed by atoms with Crippen molar-refractivity contribution >= 4 is 22.7 Å². The molecule has 1 aliphatic carbocycles. The van der Waals surface area contributed by atoms with Gasteiger partial charge < -0.3 is 10.3 Å². The summed E-state index contributed by atoms with van der Waals surface area (Å²) in [4.78, 5) is 3.52. The van der Waals surface area contributed by atoms with E-state index in [9.17, 15) is 0 Å². The Labute approximate surface area is 119 Å². The molecule has 1 aromatic heterocycles. The SMILES string of the molecule is CCCNC1CCC(Sc2cc3ccccc3[nH]2)C1. The van der Waals surface area contributed by atoms with Gasteiger partial charge in [-0.05, 0) is 44.4 Å². The zero-order valence-corrected chi connectivity index (χ0v) is 12.3. The van der Waals surface area contributed by atoms with Gasteiger partial charge in [0.2, 0.25) is 0 Å². The van der Waals surface area contributed by atoms with Crippen molar-refractivity contribution in [3.63, 3.8) is 0 Å². The molecule has 0 spiro atoms. The first-order valence-electron chi connectivity index (χ1n) is 7.33. The molecule has 1 aliphatic rings. The van der Waals surface area contributed by atoms with Crippen LogP contribution in [0.2, 0.25) is 0 Å². The number of rotatable bonds is 5. The highest BCUT2D eigenvalue weighted by atomic mass is 32.2. The minimum Gasteiger partial charge on any atom is -0.350 e. The summed E-state index contributed by atoms with van der Waals surface area (Å²) in [6.45, 7) is 3.40. The van der Waals surface area contributed by atoms with Crippen molar-refractivity contribution < 1.29 is 0 Å². The van der Waals surface area contributed by atoms with Gasteiger partial charge in [-0.3, -0.25) is 0 Å². The summed E-state index contributed by atoms with van der Waals surface area (Å²) in [6.07, 6.45) is 5.20. The molecule has 1 aromatic carbocycles. The van der Waals surface area contributed by atoms with Gasteiger partial charge >= 0.3 is 0 Å². The lowest BCUT2D eigenvalue weighted by molar-refractivity contribution is 0.524. The zero-order chi connectivity index (χ0) is 13.1. The fraction of sp³-hybridized carbons (Fsp3) is 0.500. The van der Waals surface area contributed by atoms with E-state index in [0.29, 0.717) is 0 Å². The number of nitrogens with one attached hydrogen (secondary N) is 2. The van der Waals surface area contributed by atoms with Crippen molar-refractivity contribution in [1.82, 2.24) is 10.3 Å². The monoisotopic (exact) mass is 274 g/mol. The minimum atomic E-state index is 0.738. The van der Waals surface area contributed by atoms with E-state index in [2.05, 4.69) is 47.6 Å². The smallest absolute Gasteiger partial charge is 0.0735 e. The van der Waals surface area contributed by atoms with Crippen molar-refractivity contribution in [2.24, 2.45) is 0 Å². The third-order valence-corrected chi connectivity index (χ3v) is 5.10. The maximum atomic E-state index is 3.65. The maximum absolute atomic E-state index is 3.65. The molecule has 0 aliphatic heterocycles. The normalized spacial score (nSPS) is 23.2. The molecule has 1 heterocycles. The highest BCUT2D eigenvalue weighted by Gasteiger charge is 2.25. The molecule has 0 saturated heterocycles. The van der Waals surface area contributed by atoms with Crippen molar-refractivity contribution in [3.05, 3.63) is 30.3 Å². The van der Waals surface area contributed by atoms with Crippen LogP contribution >= 0.6 is 11.8 Å². The number of fused-ring (bicyclic) bond motifs is 1. The highest BCUT2D eigenvalue weighted by Crippen LogP contribution is 2.35. The minimum absolute atomic E-state index is 0.738. The molecule has 102 valence electrons. The van der Waals surface area contributed by atoms with Gasteiger partial charge in [0.25, 0.3) is 0 Å². The van der Waals surface area contributed by atoms with Gasteiger partial charge in [0.15, 0.2) is 0 Å². The van der Waals surface area contributed by atoms with Crippen LogP contribution in [-0.2, 0) is 0 Å². The lowest BCUT2D eigenvalue weighted by Gasteiger charge is -2.11. The van der Waals surface area contributed by atoms with E-state index in [1.54, 1.807) is 0 Å². The molecule has 0 bridgehead atoms. The number of aromatic amines is 1. The van der Waals surface area contributed by atoms with Crippen LogP contribution in [0.3, 0.4) is 0 Å². The summed E-state index contributed by atoms with van der Waals surface area (Å²) in [5.74, 6) is 0. The summed E-state index contributed by atoms with van der Waals surface area (Å²) in [5.41, 5.74) is 1.25. The van der Waals surface area contributed by atoms with Gasteiger partial charge in [0.1, 0.15) is 0 Å². The van der Waals surface area contributed by atoms with Crippen LogP contribution in [0.1, 0.15) is 32.6 Å². The molecule has 19 heavy (non-hydrogen) atoms. The predicted molar refractivity (Wildman–Crippen MR) is 83.9 cm³/mol. The first-order chi connectivity index (χ1) is 9.35. The topological polar surface area (TPSA) is 27.8 Å². The molecule has 2 nitrogen and oxygen atoms in total. The zero-order valence-electron chi connectivity index (χ0n) is 11.5. The second kappa shape index (κ2) is 6.02. The van der Waals surface area contributed by atoms with Crippen LogP contribution in [0.4, 0.5) is 0 Å². The fourth-order valence-corrected chi connectivity index (χ4v) is 4.18. The second-order valence-electron chi connectivity index (χ2n) is 5.42. The van der Waals surface area contributed by atoms with E-state index >= 15 is 0 Å². The molecule has 3 rings (SSSR count). The van der Waals surface area contributed by atoms with Gasteiger partial charge in [-0.15, -0.1) is 11.8 Å². The van der Waals surface area contributed by atoms with Gasteiger partial charge in [-0.1, -0.05) is 25.1 Å². The Morgan fingerprint density at radius 2 is 2.21 bits per heavy atom. The number of hydrogen-bond donors (Lipinski definition) is 2. The number of para-hydroxylation sites is 1. The van der Waals surface area contributed by atoms with Crippen LogP contribution in [0.15, 0.2) is 35.4 Å². The quantitative estimate of drug-likeness (QED) is 0.856. The number of hydrogen-bond acceptors (Lipinski definition) is 2. The molecule has 1 saturated carbocycles. The van der Waals surface area contributed by atoms with Gasteiger partial charge in [0, 0.05) is 22.2 Å².